The van der Waals surface area contributed by atoms with E-state index in [-0.39, 0.29) is 5.91 Å². The van der Waals surface area contributed by atoms with Gasteiger partial charge in [0.25, 0.3) is 5.91 Å². The monoisotopic (exact) mass is 276 g/mol. The van der Waals surface area contributed by atoms with Crippen molar-refractivity contribution in [1.29, 1.82) is 0 Å². The van der Waals surface area contributed by atoms with Crippen molar-refractivity contribution in [3.63, 3.8) is 0 Å². The molecule has 1 aromatic rings. The van der Waals surface area contributed by atoms with Gasteiger partial charge in [-0.15, -0.1) is 0 Å². The number of carbonyl (C=O) groups excluding carboxylic acids is 1. The fraction of sp³-hybridized carbons (Fsp3) is 0.125. The largest absolute Gasteiger partial charge is 0.398 e. The van der Waals surface area contributed by atoms with Crippen LogP contribution in [0.15, 0.2) is 18.2 Å². The van der Waals surface area contributed by atoms with Crippen LogP contribution in [0.1, 0.15) is 10.4 Å². The third-order valence-electron chi connectivity index (χ3n) is 1.49. The van der Waals surface area contributed by atoms with Gasteiger partial charge in [0.05, 0.1) is 5.56 Å². The Labute approximate surface area is 84.5 Å². The molecule has 0 radical (unpaired) electrons. The second kappa shape index (κ2) is 3.75. The van der Waals surface area contributed by atoms with Crippen molar-refractivity contribution in [2.75, 3.05) is 12.8 Å². The lowest BCUT2D eigenvalue weighted by Gasteiger charge is -2.03. The van der Waals surface area contributed by atoms with Gasteiger partial charge in [0.1, 0.15) is 0 Å². The lowest BCUT2D eigenvalue weighted by Crippen LogP contribution is -2.19. The van der Waals surface area contributed by atoms with Gasteiger partial charge in [0, 0.05) is 16.3 Å². The summed E-state index contributed by atoms with van der Waals surface area (Å²) in [6, 6.07) is 5.34. The second-order valence-corrected chi connectivity index (χ2v) is 3.56. The molecule has 64 valence electrons. The minimum Gasteiger partial charge on any atom is -0.398 e. The van der Waals surface area contributed by atoms with Gasteiger partial charge >= 0.3 is 0 Å². The Bertz CT molecular complexity index is 312. The van der Waals surface area contributed by atoms with E-state index in [1.165, 1.54) is 0 Å². The predicted octanol–water partition coefficient (Wildman–Crippen LogP) is 1.23. The number of nitrogens with two attached hydrogens (primary N) is 1. The Morgan fingerprint density at radius 1 is 1.58 bits per heavy atom. The Morgan fingerprint density at radius 3 is 2.75 bits per heavy atom. The highest BCUT2D eigenvalue weighted by Crippen LogP contribution is 2.15. The van der Waals surface area contributed by atoms with Crippen molar-refractivity contribution in [3.05, 3.63) is 27.3 Å². The maximum Gasteiger partial charge on any atom is 0.253 e. The zero-order chi connectivity index (χ0) is 9.14. The number of nitrogens with one attached hydrogen (secondary N) is 1. The van der Waals surface area contributed by atoms with E-state index < -0.39 is 0 Å². The van der Waals surface area contributed by atoms with Crippen LogP contribution in [0, 0.1) is 3.57 Å². The molecule has 1 amide bonds. The summed E-state index contributed by atoms with van der Waals surface area (Å²) in [4.78, 5) is 11.2. The molecule has 0 fully saturated rings. The molecule has 4 heteroatoms. The SMILES string of the molecule is CNC(=O)c1ccc(I)cc1N. The van der Waals surface area contributed by atoms with Crippen LogP contribution < -0.4 is 11.1 Å². The van der Waals surface area contributed by atoms with Crippen LogP contribution in [0.5, 0.6) is 0 Å². The summed E-state index contributed by atoms with van der Waals surface area (Å²) >= 11 is 2.15. The number of nitrogen functional groups attached to an aromatic ring is 1. The smallest absolute Gasteiger partial charge is 0.253 e. The van der Waals surface area contributed by atoms with Gasteiger partial charge in [-0.2, -0.15) is 0 Å². The zero-order valence-corrected chi connectivity index (χ0v) is 8.75. The maximum atomic E-state index is 11.2. The quantitative estimate of drug-likeness (QED) is 0.599. The molecule has 0 bridgehead atoms. The molecule has 0 saturated heterocycles. The summed E-state index contributed by atoms with van der Waals surface area (Å²) in [7, 11) is 1.58. The predicted molar refractivity (Wildman–Crippen MR) is 57.0 cm³/mol. The molecule has 3 nitrogen and oxygen atoms in total. The molecule has 0 saturated carbocycles. The van der Waals surface area contributed by atoms with Gasteiger partial charge in [-0.1, -0.05) is 0 Å². The van der Waals surface area contributed by atoms with Gasteiger partial charge in [-0.25, -0.2) is 0 Å². The summed E-state index contributed by atoms with van der Waals surface area (Å²) in [5.74, 6) is -0.149. The van der Waals surface area contributed by atoms with Crippen LogP contribution in [0.3, 0.4) is 0 Å². The van der Waals surface area contributed by atoms with Crippen LogP contribution in [-0.2, 0) is 0 Å². The van der Waals surface area contributed by atoms with Gasteiger partial charge in [-0.3, -0.25) is 4.79 Å². The molecule has 0 unspecified atom stereocenters. The van der Waals surface area contributed by atoms with Crippen molar-refractivity contribution in [1.82, 2.24) is 5.32 Å². The van der Waals surface area contributed by atoms with Crippen LogP contribution in [0.4, 0.5) is 5.69 Å². The fourth-order valence-electron chi connectivity index (χ4n) is 0.875. The highest BCUT2D eigenvalue weighted by atomic mass is 127. The number of hydrogen-bond acceptors (Lipinski definition) is 2. The van der Waals surface area contributed by atoms with Crippen LogP contribution >= 0.6 is 22.6 Å². The molecule has 0 spiro atoms. The number of amides is 1. The minimum atomic E-state index is -0.149. The van der Waals surface area contributed by atoms with E-state index in [1.807, 2.05) is 6.07 Å². The van der Waals surface area contributed by atoms with Crippen LogP contribution in [0.25, 0.3) is 0 Å². The Hall–Kier alpha value is -0.780. The molecule has 0 aliphatic carbocycles. The summed E-state index contributed by atoms with van der Waals surface area (Å²) in [5.41, 5.74) is 6.67. The number of halogens is 1. The molecule has 12 heavy (non-hydrogen) atoms. The highest BCUT2D eigenvalue weighted by Gasteiger charge is 2.06. The first-order valence-electron chi connectivity index (χ1n) is 3.42. The number of carbonyl (C=O) groups is 1. The number of benzene rings is 1. The fourth-order valence-corrected chi connectivity index (χ4v) is 1.39. The molecular weight excluding hydrogens is 267 g/mol. The van der Waals surface area contributed by atoms with Crippen molar-refractivity contribution in [2.24, 2.45) is 0 Å². The summed E-state index contributed by atoms with van der Waals surface area (Å²) in [6.07, 6.45) is 0. The van der Waals surface area contributed by atoms with E-state index in [0.717, 1.165) is 3.57 Å². The molecule has 1 aromatic carbocycles. The minimum absolute atomic E-state index is 0.149. The van der Waals surface area contributed by atoms with Crippen LogP contribution in [0.2, 0.25) is 0 Å². The normalized spacial score (nSPS) is 9.50. The molecular formula is C8H9IN2O. The third-order valence-corrected chi connectivity index (χ3v) is 2.16. The van der Waals surface area contributed by atoms with E-state index in [4.69, 9.17) is 5.73 Å². The topological polar surface area (TPSA) is 55.1 Å². The number of rotatable bonds is 1. The van der Waals surface area contributed by atoms with E-state index in [9.17, 15) is 4.79 Å². The molecule has 0 atom stereocenters. The van der Waals surface area contributed by atoms with Crippen LogP contribution in [-0.4, -0.2) is 13.0 Å². The average molecular weight is 276 g/mol. The molecule has 0 heterocycles. The molecule has 0 aliphatic rings. The molecule has 0 aliphatic heterocycles. The van der Waals surface area contributed by atoms with Gasteiger partial charge in [0.2, 0.25) is 0 Å². The van der Waals surface area contributed by atoms with E-state index in [2.05, 4.69) is 27.9 Å². The Balaban J connectivity index is 3.09. The Kier molecular flexibility index (Phi) is 2.91. The summed E-state index contributed by atoms with van der Waals surface area (Å²) in [6.45, 7) is 0. The average Bonchev–Trinajstić information content (AvgIpc) is 2.03. The molecule has 0 aromatic heterocycles. The van der Waals surface area contributed by atoms with Gasteiger partial charge in [0.15, 0.2) is 0 Å². The third kappa shape index (κ3) is 1.88. The number of anilines is 1. The first-order valence-corrected chi connectivity index (χ1v) is 4.50. The lowest BCUT2D eigenvalue weighted by molar-refractivity contribution is 0.0964. The van der Waals surface area contributed by atoms with E-state index in [0.29, 0.717) is 11.3 Å². The summed E-state index contributed by atoms with van der Waals surface area (Å²) < 4.78 is 1.03. The summed E-state index contributed by atoms with van der Waals surface area (Å²) in [5, 5.41) is 2.52. The first-order chi connectivity index (χ1) is 5.65. The zero-order valence-electron chi connectivity index (χ0n) is 6.60. The van der Waals surface area contributed by atoms with Crippen molar-refractivity contribution < 1.29 is 4.79 Å². The highest BCUT2D eigenvalue weighted by molar-refractivity contribution is 14.1. The van der Waals surface area contributed by atoms with Crippen molar-refractivity contribution in [3.8, 4) is 0 Å². The number of hydrogen-bond donors (Lipinski definition) is 2. The molecule has 1 rings (SSSR count). The maximum absolute atomic E-state index is 11.2. The van der Waals surface area contributed by atoms with Crippen molar-refractivity contribution in [2.45, 2.75) is 0 Å². The van der Waals surface area contributed by atoms with E-state index >= 15 is 0 Å². The first kappa shape index (κ1) is 9.31. The standard InChI is InChI=1S/C8H9IN2O/c1-11-8(12)6-3-2-5(9)4-7(6)10/h2-4H,10H2,1H3,(H,11,12). The lowest BCUT2D eigenvalue weighted by atomic mass is 10.2. The van der Waals surface area contributed by atoms with Crippen molar-refractivity contribution >= 4 is 34.2 Å². The second-order valence-electron chi connectivity index (χ2n) is 2.31. The van der Waals surface area contributed by atoms with Gasteiger partial charge in [-0.05, 0) is 40.8 Å². The molecule has 3 N–H and O–H groups in total. The van der Waals surface area contributed by atoms with Gasteiger partial charge < -0.3 is 11.1 Å². The Morgan fingerprint density at radius 2 is 2.25 bits per heavy atom. The van der Waals surface area contributed by atoms with E-state index in [1.54, 1.807) is 19.2 Å².